The summed E-state index contributed by atoms with van der Waals surface area (Å²) in [4.78, 5) is 24.3. The van der Waals surface area contributed by atoms with Crippen LogP contribution < -0.4 is 0 Å². The summed E-state index contributed by atoms with van der Waals surface area (Å²) < 4.78 is 1.53. The van der Waals surface area contributed by atoms with Gasteiger partial charge in [0.15, 0.2) is 0 Å². The van der Waals surface area contributed by atoms with Crippen molar-refractivity contribution in [3.63, 3.8) is 0 Å². The maximum Gasteiger partial charge on any atom is 0.232 e. The van der Waals surface area contributed by atoms with Crippen LogP contribution in [0.2, 0.25) is 0 Å². The lowest BCUT2D eigenvalue weighted by Crippen LogP contribution is -2.47. The maximum atomic E-state index is 12.1. The molecule has 2 aromatic carbocycles. The van der Waals surface area contributed by atoms with Gasteiger partial charge in [-0.15, -0.1) is 0 Å². The minimum Gasteiger partial charge on any atom is -0.390 e. The third kappa shape index (κ3) is 6.30. The molecular weight excluding hydrogens is 496 g/mol. The first-order valence-electron chi connectivity index (χ1n) is 8.48. The molecule has 0 bridgehead atoms. The molecule has 4 N–H and O–H groups in total. The molecule has 0 saturated heterocycles. The fourth-order valence-electron chi connectivity index (χ4n) is 2.68. The van der Waals surface area contributed by atoms with Crippen molar-refractivity contribution in [1.82, 2.24) is 0 Å². The fraction of sp³-hybridized carbons (Fsp3) is 0.300. The molecule has 0 radical (unpaired) electrons. The summed E-state index contributed by atoms with van der Waals surface area (Å²) in [6, 6.07) is 13.8. The Balaban J connectivity index is 1.98. The Morgan fingerprint density at radius 3 is 1.39 bits per heavy atom. The minimum atomic E-state index is -2.00. The Morgan fingerprint density at radius 1 is 0.714 bits per heavy atom. The highest BCUT2D eigenvalue weighted by atomic mass is 79.9. The number of Topliss-reactive ketones (excluding diaryl/α,β-unsaturated/α-hetero) is 2. The molecule has 0 aliphatic carbocycles. The topological polar surface area (TPSA) is 115 Å². The third-order valence-corrected chi connectivity index (χ3v) is 5.16. The monoisotopic (exact) mass is 514 g/mol. The van der Waals surface area contributed by atoms with Crippen LogP contribution in [0.5, 0.6) is 0 Å². The van der Waals surface area contributed by atoms with Gasteiger partial charge in [0.05, 0.1) is 12.2 Å². The Hall–Kier alpha value is -1.42. The van der Waals surface area contributed by atoms with E-state index in [0.717, 1.165) is 8.95 Å². The van der Waals surface area contributed by atoms with Crippen molar-refractivity contribution >= 4 is 43.4 Å². The molecule has 0 spiro atoms. The summed E-state index contributed by atoms with van der Waals surface area (Å²) in [5.41, 5.74) is 1.30. The number of ketones is 2. The number of hydrogen-bond donors (Lipinski definition) is 4. The SMILES string of the molecule is O=C(C(=O)[C@H](O)C(O)Cc1cccc(Br)c1)[C@@H](O)C(O)Cc1cccc(Br)c1. The fourth-order valence-corrected chi connectivity index (χ4v) is 3.57. The highest BCUT2D eigenvalue weighted by molar-refractivity contribution is 9.10. The molecule has 8 heteroatoms. The number of carbonyl (C=O) groups excluding carboxylic acids is 2. The lowest BCUT2D eigenvalue weighted by Gasteiger charge is -2.20. The second kappa shape index (κ2) is 10.4. The molecule has 0 aromatic heterocycles. The first kappa shape index (κ1) is 22.9. The van der Waals surface area contributed by atoms with Crippen molar-refractivity contribution < 1.29 is 30.0 Å². The smallest absolute Gasteiger partial charge is 0.232 e. The van der Waals surface area contributed by atoms with Gasteiger partial charge in [-0.25, -0.2) is 0 Å². The van der Waals surface area contributed by atoms with Gasteiger partial charge in [0.1, 0.15) is 12.2 Å². The van der Waals surface area contributed by atoms with E-state index in [9.17, 15) is 30.0 Å². The minimum absolute atomic E-state index is 0.0592. The van der Waals surface area contributed by atoms with Gasteiger partial charge < -0.3 is 20.4 Å². The molecular formula is C20H20Br2O6. The molecule has 0 saturated carbocycles. The van der Waals surface area contributed by atoms with Crippen molar-refractivity contribution in [2.75, 3.05) is 0 Å². The normalized spacial score (nSPS) is 15.5. The van der Waals surface area contributed by atoms with Crippen molar-refractivity contribution in [2.45, 2.75) is 37.3 Å². The summed E-state index contributed by atoms with van der Waals surface area (Å²) in [6.07, 6.45) is -7.18. The predicted octanol–water partition coefficient (Wildman–Crippen LogP) is 1.58. The maximum absolute atomic E-state index is 12.1. The van der Waals surface area contributed by atoms with Crippen LogP contribution in [0.15, 0.2) is 57.5 Å². The predicted molar refractivity (Wildman–Crippen MR) is 110 cm³/mol. The number of carbonyl (C=O) groups is 2. The Kier molecular flexibility index (Phi) is 8.48. The largest absolute Gasteiger partial charge is 0.390 e. The van der Waals surface area contributed by atoms with Crippen molar-refractivity contribution in [2.24, 2.45) is 0 Å². The van der Waals surface area contributed by atoms with E-state index < -0.39 is 36.0 Å². The Morgan fingerprint density at radius 2 is 1.07 bits per heavy atom. The number of aliphatic hydroxyl groups excluding tert-OH is 4. The van der Waals surface area contributed by atoms with Crippen LogP contribution in [0.4, 0.5) is 0 Å². The number of hydrogen-bond acceptors (Lipinski definition) is 6. The van der Waals surface area contributed by atoms with E-state index in [1.807, 2.05) is 0 Å². The van der Waals surface area contributed by atoms with Gasteiger partial charge in [-0.3, -0.25) is 9.59 Å². The summed E-state index contributed by atoms with van der Waals surface area (Å²) in [5.74, 6) is -2.69. The molecule has 28 heavy (non-hydrogen) atoms. The molecule has 6 nitrogen and oxygen atoms in total. The summed E-state index contributed by atoms with van der Waals surface area (Å²) >= 11 is 6.56. The molecule has 0 heterocycles. The van der Waals surface area contributed by atoms with E-state index in [1.165, 1.54) is 0 Å². The van der Waals surface area contributed by atoms with E-state index in [1.54, 1.807) is 48.5 Å². The van der Waals surface area contributed by atoms with E-state index in [4.69, 9.17) is 0 Å². The van der Waals surface area contributed by atoms with E-state index >= 15 is 0 Å². The van der Waals surface area contributed by atoms with Gasteiger partial charge in [-0.2, -0.15) is 0 Å². The van der Waals surface area contributed by atoms with E-state index in [0.29, 0.717) is 11.1 Å². The molecule has 0 fully saturated rings. The molecule has 150 valence electrons. The average Bonchev–Trinajstić information content (AvgIpc) is 2.65. The lowest BCUT2D eigenvalue weighted by atomic mass is 9.94. The van der Waals surface area contributed by atoms with E-state index in [-0.39, 0.29) is 12.8 Å². The van der Waals surface area contributed by atoms with Crippen LogP contribution in [0.25, 0.3) is 0 Å². The van der Waals surface area contributed by atoms with Crippen LogP contribution in [0.1, 0.15) is 11.1 Å². The molecule has 0 aliphatic heterocycles. The number of rotatable bonds is 9. The van der Waals surface area contributed by atoms with Gasteiger partial charge in [-0.1, -0.05) is 56.1 Å². The van der Waals surface area contributed by atoms with Crippen molar-refractivity contribution in [3.8, 4) is 0 Å². The summed E-state index contributed by atoms with van der Waals surface area (Å²) in [6.45, 7) is 0. The Labute approximate surface area is 179 Å². The van der Waals surface area contributed by atoms with Crippen molar-refractivity contribution in [1.29, 1.82) is 0 Å². The third-order valence-electron chi connectivity index (χ3n) is 4.18. The van der Waals surface area contributed by atoms with Crippen LogP contribution in [-0.4, -0.2) is 56.4 Å². The van der Waals surface area contributed by atoms with Gasteiger partial charge in [0, 0.05) is 21.8 Å². The summed E-state index contributed by atoms with van der Waals surface area (Å²) in [7, 11) is 0. The van der Waals surface area contributed by atoms with Gasteiger partial charge in [-0.05, 0) is 35.4 Å². The first-order valence-corrected chi connectivity index (χ1v) is 10.1. The average molecular weight is 516 g/mol. The standard InChI is InChI=1S/C20H20Br2O6/c21-13-5-1-3-11(7-13)9-15(23)17(25)19(27)20(28)18(26)16(24)10-12-4-2-6-14(22)8-12/h1-8,15-18,23-26H,9-10H2/t15?,16?,17-,18+. The number of halogens is 2. The zero-order valence-corrected chi connectivity index (χ0v) is 17.9. The number of aliphatic hydroxyl groups is 4. The van der Waals surface area contributed by atoms with E-state index in [2.05, 4.69) is 31.9 Å². The molecule has 4 atom stereocenters. The van der Waals surface area contributed by atoms with Crippen LogP contribution in [-0.2, 0) is 22.4 Å². The van der Waals surface area contributed by atoms with Crippen LogP contribution in [0.3, 0.4) is 0 Å². The Bertz CT molecular complexity index is 771. The molecule has 0 aliphatic rings. The highest BCUT2D eigenvalue weighted by Crippen LogP contribution is 2.16. The molecule has 0 amide bonds. The van der Waals surface area contributed by atoms with Crippen molar-refractivity contribution in [3.05, 3.63) is 68.6 Å². The molecule has 2 aromatic rings. The molecule has 2 unspecified atom stereocenters. The second-order valence-electron chi connectivity index (χ2n) is 6.42. The second-order valence-corrected chi connectivity index (χ2v) is 8.25. The van der Waals surface area contributed by atoms with Gasteiger partial charge in [0.2, 0.25) is 11.6 Å². The van der Waals surface area contributed by atoms with Gasteiger partial charge in [0.25, 0.3) is 0 Å². The first-order chi connectivity index (χ1) is 13.2. The molecule has 2 rings (SSSR count). The quantitative estimate of drug-likeness (QED) is 0.377. The number of benzene rings is 2. The highest BCUT2D eigenvalue weighted by Gasteiger charge is 2.36. The summed E-state index contributed by atoms with van der Waals surface area (Å²) in [5, 5.41) is 40.2. The zero-order valence-electron chi connectivity index (χ0n) is 14.7. The zero-order chi connectivity index (χ0) is 20.8. The lowest BCUT2D eigenvalue weighted by molar-refractivity contribution is -0.152. The van der Waals surface area contributed by atoms with Crippen LogP contribution >= 0.6 is 31.9 Å². The van der Waals surface area contributed by atoms with Gasteiger partial charge >= 0.3 is 0 Å². The van der Waals surface area contributed by atoms with Crippen LogP contribution in [0, 0.1) is 0 Å².